The average molecular weight is 514 g/mol. The molecule has 0 spiro atoms. The molecule has 0 aliphatic rings. The Bertz CT molecular complexity index is 890. The molecule has 0 fully saturated rings. The Morgan fingerprint density at radius 3 is 2.13 bits per heavy atom. The molecule has 0 saturated carbocycles. The first-order chi connectivity index (χ1) is 13.8. The van der Waals surface area contributed by atoms with Gasteiger partial charge in [-0.15, -0.1) is 0 Å². The first-order valence-corrected chi connectivity index (χ1v) is 10.2. The maximum atomic E-state index is 12.5. The number of rotatable bonds is 6. The number of urea groups is 1. The van der Waals surface area contributed by atoms with Crippen molar-refractivity contribution in [2.24, 2.45) is 0 Å². The van der Waals surface area contributed by atoms with Gasteiger partial charge in [0.25, 0.3) is 15.6 Å². The van der Waals surface area contributed by atoms with Gasteiger partial charge in [0.05, 0.1) is 6.04 Å². The highest BCUT2D eigenvalue weighted by molar-refractivity contribution is 6.76. The summed E-state index contributed by atoms with van der Waals surface area (Å²) in [6, 6.07) is 4.62. The number of halogens is 5. The van der Waals surface area contributed by atoms with E-state index in [9.17, 15) is 14.4 Å². The number of anilines is 1. The molecule has 0 aliphatic carbocycles. The molecule has 1 aromatic rings. The van der Waals surface area contributed by atoms with Gasteiger partial charge in [-0.2, -0.15) is 0 Å². The number of carbonyl (C=O) groups excluding carboxylic acids is 3. The van der Waals surface area contributed by atoms with E-state index < -0.39 is 21.8 Å². The highest BCUT2D eigenvalue weighted by Gasteiger charge is 2.32. The molecule has 162 valence electrons. The van der Waals surface area contributed by atoms with Crippen LogP contribution in [-0.2, 0) is 4.79 Å². The third kappa shape index (κ3) is 8.58. The lowest BCUT2D eigenvalue weighted by Crippen LogP contribution is -2.41. The molecule has 0 aromatic heterocycles. The van der Waals surface area contributed by atoms with E-state index in [2.05, 4.69) is 17.2 Å². The second-order valence-electron chi connectivity index (χ2n) is 5.86. The fourth-order valence-electron chi connectivity index (χ4n) is 2.21. The number of hydrogen-bond acceptors (Lipinski definition) is 3. The summed E-state index contributed by atoms with van der Waals surface area (Å²) in [7, 11) is 0. The molecule has 0 bridgehead atoms. The van der Waals surface area contributed by atoms with E-state index in [1.165, 1.54) is 30.3 Å². The Morgan fingerprint density at radius 1 is 1.10 bits per heavy atom. The predicted octanol–water partition coefficient (Wildman–Crippen LogP) is 5.64. The lowest BCUT2D eigenvalue weighted by Gasteiger charge is -2.17. The molecule has 1 atom stereocenters. The molecular formula is C19H18Cl5N3O3. The maximum Gasteiger partial charge on any atom is 0.326 e. The lowest BCUT2D eigenvalue weighted by molar-refractivity contribution is -0.119. The van der Waals surface area contributed by atoms with Crippen LogP contribution in [0.2, 0.25) is 0 Å². The first kappa shape index (κ1) is 26.3. The minimum absolute atomic E-state index is 0.264. The highest BCUT2D eigenvalue weighted by Crippen LogP contribution is 2.26. The van der Waals surface area contributed by atoms with Gasteiger partial charge in [0.15, 0.2) is 0 Å². The van der Waals surface area contributed by atoms with Crippen molar-refractivity contribution in [3.63, 3.8) is 0 Å². The summed E-state index contributed by atoms with van der Waals surface area (Å²) in [4.78, 5) is 35.7. The number of allylic oxidation sites excluding steroid dienone is 3. The van der Waals surface area contributed by atoms with Gasteiger partial charge < -0.3 is 10.6 Å². The SMILES string of the molecule is C=C(Cl)/C=C(Cl)\C(=C/C)C(C)NC(=O)c1ccc(NC(=O)NC(=O)C(Cl)(Cl)Cl)cc1. The summed E-state index contributed by atoms with van der Waals surface area (Å²) in [5.74, 6) is -1.46. The Balaban J connectivity index is 2.76. The van der Waals surface area contributed by atoms with Gasteiger partial charge in [-0.3, -0.25) is 14.9 Å². The van der Waals surface area contributed by atoms with E-state index in [4.69, 9.17) is 58.0 Å². The van der Waals surface area contributed by atoms with E-state index >= 15 is 0 Å². The highest BCUT2D eigenvalue weighted by atomic mass is 35.6. The maximum absolute atomic E-state index is 12.5. The van der Waals surface area contributed by atoms with E-state index in [0.29, 0.717) is 21.9 Å². The van der Waals surface area contributed by atoms with E-state index in [-0.39, 0.29) is 10.9 Å². The lowest BCUT2D eigenvalue weighted by atomic mass is 10.1. The van der Waals surface area contributed by atoms with Crippen LogP contribution < -0.4 is 16.0 Å². The zero-order chi connectivity index (χ0) is 23.1. The van der Waals surface area contributed by atoms with Gasteiger partial charge in [-0.05, 0) is 49.8 Å². The van der Waals surface area contributed by atoms with Crippen LogP contribution in [0.5, 0.6) is 0 Å². The fourth-order valence-corrected chi connectivity index (χ4v) is 2.93. The normalized spacial score (nSPS) is 13.3. The average Bonchev–Trinajstić information content (AvgIpc) is 2.61. The van der Waals surface area contributed by atoms with Crippen LogP contribution in [0.25, 0.3) is 0 Å². The van der Waals surface area contributed by atoms with Crippen LogP contribution in [0.15, 0.2) is 58.6 Å². The fraction of sp³-hybridized carbons (Fsp3) is 0.211. The predicted molar refractivity (Wildman–Crippen MR) is 124 cm³/mol. The van der Waals surface area contributed by atoms with Gasteiger partial charge in [0.1, 0.15) is 0 Å². The molecular weight excluding hydrogens is 495 g/mol. The van der Waals surface area contributed by atoms with Crippen molar-refractivity contribution < 1.29 is 14.4 Å². The summed E-state index contributed by atoms with van der Waals surface area (Å²) in [5.41, 5.74) is 1.32. The van der Waals surface area contributed by atoms with Crippen LogP contribution in [-0.4, -0.2) is 27.7 Å². The number of benzene rings is 1. The van der Waals surface area contributed by atoms with E-state index in [1.54, 1.807) is 19.9 Å². The number of nitrogens with one attached hydrogen (secondary N) is 3. The third-order valence-corrected chi connectivity index (χ3v) is 4.53. The molecule has 1 rings (SSSR count). The molecule has 0 saturated heterocycles. The van der Waals surface area contributed by atoms with Crippen molar-refractivity contribution in [1.29, 1.82) is 0 Å². The van der Waals surface area contributed by atoms with Crippen LogP contribution in [0, 0.1) is 0 Å². The Morgan fingerprint density at radius 2 is 1.67 bits per heavy atom. The third-order valence-electron chi connectivity index (χ3n) is 3.57. The van der Waals surface area contributed by atoms with Gasteiger partial charge >= 0.3 is 6.03 Å². The largest absolute Gasteiger partial charge is 0.345 e. The molecule has 1 unspecified atom stereocenters. The van der Waals surface area contributed by atoms with Crippen molar-refractivity contribution in [3.8, 4) is 0 Å². The number of hydrogen-bond donors (Lipinski definition) is 3. The van der Waals surface area contributed by atoms with Crippen LogP contribution in [0.1, 0.15) is 24.2 Å². The van der Waals surface area contributed by atoms with Gasteiger partial charge in [0, 0.05) is 21.3 Å². The standard InChI is InChI=1S/C19H18Cl5N3O3/c1-4-14(15(21)9-10(2)20)11(3)25-16(28)12-5-7-13(8-6-12)26-18(30)27-17(29)19(22,23)24/h4-9,11H,2H2,1,3H3,(H,25,28)(H2,26,27,29,30)/b14-4-,15-9+. The van der Waals surface area contributed by atoms with Gasteiger partial charge in [-0.25, -0.2) is 4.79 Å². The zero-order valence-electron chi connectivity index (χ0n) is 15.9. The number of amides is 4. The second kappa shape index (κ2) is 11.6. The zero-order valence-corrected chi connectivity index (χ0v) is 19.6. The second-order valence-corrected chi connectivity index (χ2v) is 9.04. The number of alkyl halides is 3. The summed E-state index contributed by atoms with van der Waals surface area (Å²) < 4.78 is -2.27. The quantitative estimate of drug-likeness (QED) is 0.340. The minimum atomic E-state index is -2.27. The van der Waals surface area contributed by atoms with E-state index in [0.717, 1.165) is 0 Å². The van der Waals surface area contributed by atoms with E-state index in [1.807, 2.05) is 5.32 Å². The van der Waals surface area contributed by atoms with Crippen LogP contribution in [0.3, 0.4) is 0 Å². The van der Waals surface area contributed by atoms with Crippen LogP contribution in [0.4, 0.5) is 10.5 Å². The summed E-state index contributed by atoms with van der Waals surface area (Å²) in [6.07, 6.45) is 3.24. The Kier molecular flexibility index (Phi) is 10.2. The number of carbonyl (C=O) groups is 3. The van der Waals surface area contributed by atoms with Gasteiger partial charge in [-0.1, -0.05) is 70.7 Å². The number of imide groups is 1. The molecule has 30 heavy (non-hydrogen) atoms. The minimum Gasteiger partial charge on any atom is -0.345 e. The smallest absolute Gasteiger partial charge is 0.326 e. The topological polar surface area (TPSA) is 87.3 Å². The van der Waals surface area contributed by atoms with Crippen molar-refractivity contribution in [1.82, 2.24) is 10.6 Å². The molecule has 6 nitrogen and oxygen atoms in total. The van der Waals surface area contributed by atoms with Crippen molar-refractivity contribution >= 4 is 81.5 Å². The molecule has 0 radical (unpaired) electrons. The molecule has 4 amide bonds. The summed E-state index contributed by atoms with van der Waals surface area (Å²) in [6.45, 7) is 7.10. The monoisotopic (exact) mass is 511 g/mol. The Labute approximate surface area is 199 Å². The summed E-state index contributed by atoms with van der Waals surface area (Å²) >= 11 is 28.1. The molecule has 0 aliphatic heterocycles. The molecule has 11 heteroatoms. The first-order valence-electron chi connectivity index (χ1n) is 8.33. The molecule has 1 aromatic carbocycles. The van der Waals surface area contributed by atoms with Gasteiger partial charge in [0.2, 0.25) is 0 Å². The van der Waals surface area contributed by atoms with Crippen molar-refractivity contribution in [2.45, 2.75) is 23.7 Å². The van der Waals surface area contributed by atoms with Crippen molar-refractivity contribution in [3.05, 3.63) is 64.2 Å². The Hall–Kier alpha value is -1.70. The molecule has 3 N–H and O–H groups in total. The van der Waals surface area contributed by atoms with Crippen molar-refractivity contribution in [2.75, 3.05) is 5.32 Å². The molecule has 0 heterocycles. The summed E-state index contributed by atoms with van der Waals surface area (Å²) in [5, 5.41) is 7.69. The van der Waals surface area contributed by atoms with Crippen LogP contribution >= 0.6 is 58.0 Å².